The van der Waals surface area contributed by atoms with E-state index in [1.165, 1.54) is 6.20 Å². The molecule has 0 saturated carbocycles. The summed E-state index contributed by atoms with van der Waals surface area (Å²) in [6.45, 7) is 5.11. The Balaban J connectivity index is 1.37. The number of ether oxygens (including phenoxy) is 2. The third-order valence-corrected chi connectivity index (χ3v) is 5.74. The van der Waals surface area contributed by atoms with Crippen LogP contribution in [0.1, 0.15) is 19.8 Å². The first-order valence-electron chi connectivity index (χ1n) is 9.95. The molecule has 0 bridgehead atoms. The van der Waals surface area contributed by atoms with Crippen molar-refractivity contribution in [3.8, 4) is 5.75 Å². The van der Waals surface area contributed by atoms with Gasteiger partial charge in [-0.25, -0.2) is 15.1 Å². The number of carbonyl (C=O) groups is 1. The molecule has 1 amide bonds. The van der Waals surface area contributed by atoms with Crippen molar-refractivity contribution in [1.29, 1.82) is 0 Å². The van der Waals surface area contributed by atoms with Crippen LogP contribution < -0.4 is 15.2 Å². The molecule has 2 aromatic heterocycles. The Morgan fingerprint density at radius 2 is 1.97 bits per heavy atom. The van der Waals surface area contributed by atoms with Crippen LogP contribution in [0.15, 0.2) is 27.9 Å². The van der Waals surface area contributed by atoms with Crippen LogP contribution in [0.25, 0.3) is 0 Å². The van der Waals surface area contributed by atoms with Crippen LogP contribution in [0.2, 0.25) is 5.02 Å². The summed E-state index contributed by atoms with van der Waals surface area (Å²) in [5.41, 5.74) is -0.360. The van der Waals surface area contributed by atoms with E-state index >= 15 is 0 Å². The van der Waals surface area contributed by atoms with Gasteiger partial charge in [0.15, 0.2) is 5.75 Å². The molecule has 1 aliphatic rings. The minimum Gasteiger partial charge on any atom is -0.485 e. The van der Waals surface area contributed by atoms with Crippen molar-refractivity contribution in [1.82, 2.24) is 25.1 Å². The van der Waals surface area contributed by atoms with Crippen LogP contribution >= 0.6 is 27.5 Å². The molecule has 2 aromatic rings. The maximum absolute atomic E-state index is 12.5. The largest absolute Gasteiger partial charge is 0.485 e. The Bertz CT molecular complexity index is 920. The number of amides is 1. The highest BCUT2D eigenvalue weighted by Crippen LogP contribution is 2.20. The van der Waals surface area contributed by atoms with Crippen molar-refractivity contribution in [3.05, 3.63) is 38.4 Å². The summed E-state index contributed by atoms with van der Waals surface area (Å²) in [6, 6.07) is 0. The minimum absolute atomic E-state index is 0.0483. The number of carbonyl (C=O) groups excluding carboxylic acids is 1. The third kappa shape index (κ3) is 6.62. The van der Waals surface area contributed by atoms with E-state index in [1.807, 2.05) is 16.7 Å². The smallest absolute Gasteiger partial charge is 0.282 e. The predicted molar refractivity (Wildman–Crippen MR) is 119 cm³/mol. The van der Waals surface area contributed by atoms with Crippen LogP contribution in [-0.2, 0) is 9.53 Å². The molecule has 0 radical (unpaired) electrons. The molecule has 10 nitrogen and oxygen atoms in total. The summed E-state index contributed by atoms with van der Waals surface area (Å²) < 4.78 is 11.7. The molecule has 3 heterocycles. The lowest BCUT2D eigenvalue weighted by Crippen LogP contribution is -2.49. The van der Waals surface area contributed by atoms with Crippen molar-refractivity contribution in [3.63, 3.8) is 0 Å². The van der Waals surface area contributed by atoms with Crippen molar-refractivity contribution in [2.75, 3.05) is 44.3 Å². The van der Waals surface area contributed by atoms with Crippen molar-refractivity contribution < 1.29 is 14.3 Å². The Morgan fingerprint density at radius 1 is 1.26 bits per heavy atom. The van der Waals surface area contributed by atoms with Gasteiger partial charge in [-0.05, 0) is 22.4 Å². The molecule has 31 heavy (non-hydrogen) atoms. The Labute approximate surface area is 193 Å². The minimum atomic E-state index is -0.360. The molecule has 12 heteroatoms. The average molecular weight is 516 g/mol. The summed E-state index contributed by atoms with van der Waals surface area (Å²) in [4.78, 5) is 36.3. The van der Waals surface area contributed by atoms with E-state index in [2.05, 4.69) is 36.1 Å². The van der Waals surface area contributed by atoms with Gasteiger partial charge < -0.3 is 19.3 Å². The average Bonchev–Trinajstić information content (AvgIpc) is 2.79. The molecule has 1 fully saturated rings. The zero-order valence-corrected chi connectivity index (χ0v) is 19.4. The van der Waals surface area contributed by atoms with Crippen LogP contribution in [0.5, 0.6) is 5.75 Å². The Kier molecular flexibility index (Phi) is 8.61. The molecule has 3 rings (SSSR count). The zero-order chi connectivity index (χ0) is 22.2. The van der Waals surface area contributed by atoms with E-state index in [0.29, 0.717) is 73.4 Å². The normalized spacial score (nSPS) is 15.1. The second-order valence-corrected chi connectivity index (χ2v) is 8.15. The van der Waals surface area contributed by atoms with Crippen molar-refractivity contribution in [2.24, 2.45) is 0 Å². The van der Waals surface area contributed by atoms with Gasteiger partial charge in [0.1, 0.15) is 10.6 Å². The number of halogens is 2. The van der Waals surface area contributed by atoms with Crippen LogP contribution in [0, 0.1) is 0 Å². The van der Waals surface area contributed by atoms with Crippen molar-refractivity contribution >= 4 is 39.4 Å². The summed E-state index contributed by atoms with van der Waals surface area (Å²) in [7, 11) is 0. The predicted octanol–water partition coefficient (Wildman–Crippen LogP) is 1.89. The van der Waals surface area contributed by atoms with Gasteiger partial charge in [-0.3, -0.25) is 9.59 Å². The van der Waals surface area contributed by atoms with Crippen molar-refractivity contribution in [2.45, 2.75) is 25.9 Å². The lowest BCUT2D eigenvalue weighted by atomic mass is 10.3. The van der Waals surface area contributed by atoms with Gasteiger partial charge in [0.2, 0.25) is 11.9 Å². The summed E-state index contributed by atoms with van der Waals surface area (Å²) >= 11 is 9.01. The lowest BCUT2D eigenvalue weighted by Gasteiger charge is -2.34. The summed E-state index contributed by atoms with van der Waals surface area (Å²) in [5, 5.41) is 6.55. The van der Waals surface area contributed by atoms with Gasteiger partial charge in [-0.1, -0.05) is 18.5 Å². The van der Waals surface area contributed by atoms with E-state index in [4.69, 9.17) is 21.1 Å². The maximum atomic E-state index is 12.5. The molecule has 1 saturated heterocycles. The highest BCUT2D eigenvalue weighted by Gasteiger charge is 2.22. The monoisotopic (exact) mass is 514 g/mol. The molecule has 1 aliphatic heterocycles. The molecule has 0 aromatic carbocycles. The third-order valence-electron chi connectivity index (χ3n) is 4.80. The first kappa shape index (κ1) is 23.4. The fraction of sp³-hybridized carbons (Fsp3) is 0.526. The van der Waals surface area contributed by atoms with Crippen LogP contribution in [0.4, 0.5) is 5.95 Å². The first-order chi connectivity index (χ1) is 15.0. The highest BCUT2D eigenvalue weighted by atomic mass is 79.9. The number of aromatic amines is 1. The fourth-order valence-electron chi connectivity index (χ4n) is 3.02. The number of nitrogens with one attached hydrogen (secondary N) is 1. The van der Waals surface area contributed by atoms with Gasteiger partial charge in [0.05, 0.1) is 43.2 Å². The zero-order valence-electron chi connectivity index (χ0n) is 17.1. The number of piperazine rings is 1. The Morgan fingerprint density at radius 3 is 2.65 bits per heavy atom. The van der Waals surface area contributed by atoms with Gasteiger partial charge in [-0.15, -0.1) is 0 Å². The molecule has 1 N–H and O–H groups in total. The SMILES string of the molecule is CC[C@@H](COCCC(=O)N1CCN(c2ncc(Cl)cn2)CC1)Oc1cn[nH]c(=O)c1Br. The highest BCUT2D eigenvalue weighted by molar-refractivity contribution is 9.10. The van der Waals surface area contributed by atoms with Crippen LogP contribution in [0.3, 0.4) is 0 Å². The number of nitrogens with zero attached hydrogens (tertiary/aromatic N) is 5. The topological polar surface area (TPSA) is 114 Å². The molecular formula is C19H24BrClN6O4. The molecule has 0 aliphatic carbocycles. The number of hydrogen-bond acceptors (Lipinski definition) is 8. The van der Waals surface area contributed by atoms with E-state index in [-0.39, 0.29) is 17.6 Å². The van der Waals surface area contributed by atoms with Gasteiger partial charge in [0, 0.05) is 26.2 Å². The summed E-state index contributed by atoms with van der Waals surface area (Å²) in [6.07, 6.45) is 5.30. The standard InChI is InChI=1S/C19H24BrClN6O4/c1-2-14(31-15-11-24-25-18(29)17(15)20)12-30-8-3-16(28)26-4-6-27(7-5-26)19-22-9-13(21)10-23-19/h9-11,14H,2-8,12H2,1H3,(H,25,29)/t14-/m0/s1. The number of hydrogen-bond donors (Lipinski definition) is 1. The Hall–Kier alpha value is -2.24. The number of anilines is 1. The fourth-order valence-corrected chi connectivity index (χ4v) is 3.40. The molecule has 0 unspecified atom stereocenters. The maximum Gasteiger partial charge on any atom is 0.282 e. The molecule has 1 atom stereocenters. The van der Waals surface area contributed by atoms with Gasteiger partial charge >= 0.3 is 0 Å². The quantitative estimate of drug-likeness (QED) is 0.504. The molecule has 0 spiro atoms. The lowest BCUT2D eigenvalue weighted by molar-refractivity contribution is -0.132. The number of aromatic nitrogens is 4. The second-order valence-electron chi connectivity index (χ2n) is 6.92. The first-order valence-corrected chi connectivity index (χ1v) is 11.1. The van der Waals surface area contributed by atoms with E-state index in [0.717, 1.165) is 0 Å². The van der Waals surface area contributed by atoms with E-state index in [9.17, 15) is 9.59 Å². The number of rotatable bonds is 9. The molecular weight excluding hydrogens is 492 g/mol. The number of H-pyrrole nitrogens is 1. The van der Waals surface area contributed by atoms with Gasteiger partial charge in [-0.2, -0.15) is 5.10 Å². The summed E-state index contributed by atoms with van der Waals surface area (Å²) in [5.74, 6) is 1.03. The second kappa shape index (κ2) is 11.4. The van der Waals surface area contributed by atoms with E-state index in [1.54, 1.807) is 12.4 Å². The van der Waals surface area contributed by atoms with E-state index < -0.39 is 0 Å². The van der Waals surface area contributed by atoms with Gasteiger partial charge in [0.25, 0.3) is 5.56 Å². The molecule has 168 valence electrons. The van der Waals surface area contributed by atoms with Crippen LogP contribution in [-0.4, -0.2) is 76.5 Å².